The van der Waals surface area contributed by atoms with Gasteiger partial charge in [0, 0.05) is 24.4 Å². The van der Waals surface area contributed by atoms with E-state index in [0.29, 0.717) is 12.0 Å². The van der Waals surface area contributed by atoms with Crippen molar-refractivity contribution < 1.29 is 9.32 Å². The van der Waals surface area contributed by atoms with Crippen LogP contribution in [0, 0.1) is 17.3 Å². The Balaban J connectivity index is 1.50. The van der Waals surface area contributed by atoms with Crippen molar-refractivity contribution in [3.05, 3.63) is 17.5 Å². The van der Waals surface area contributed by atoms with Crippen molar-refractivity contribution in [1.82, 2.24) is 10.5 Å². The molecule has 3 rings (SSSR count). The van der Waals surface area contributed by atoms with Crippen molar-refractivity contribution in [2.75, 3.05) is 0 Å². The Bertz CT molecular complexity index is 545. The van der Waals surface area contributed by atoms with E-state index in [0.717, 1.165) is 50.0 Å². The number of nitrogens with one attached hydrogen (secondary N) is 1. The molecule has 1 amide bonds. The van der Waals surface area contributed by atoms with Gasteiger partial charge in [0.15, 0.2) is 0 Å². The van der Waals surface area contributed by atoms with Gasteiger partial charge in [0.25, 0.3) is 0 Å². The van der Waals surface area contributed by atoms with Crippen molar-refractivity contribution in [3.63, 3.8) is 0 Å². The summed E-state index contributed by atoms with van der Waals surface area (Å²) in [6.07, 6.45) is 8.68. The SMILES string of the molecule is CCCCc1cc(CC2CC(NC(=O)C3CCC3)C2(C)C)no1. The normalized spacial score (nSPS) is 26.4. The minimum absolute atomic E-state index is 0.141. The van der Waals surface area contributed by atoms with Crippen LogP contribution in [0.15, 0.2) is 10.6 Å². The predicted octanol–water partition coefficient (Wildman–Crippen LogP) is 3.89. The van der Waals surface area contributed by atoms with E-state index in [1.54, 1.807) is 0 Å². The summed E-state index contributed by atoms with van der Waals surface area (Å²) < 4.78 is 5.43. The molecule has 2 aliphatic carbocycles. The first-order valence-electron chi connectivity index (χ1n) is 9.25. The zero-order valence-corrected chi connectivity index (χ0v) is 14.7. The van der Waals surface area contributed by atoms with Crippen molar-refractivity contribution in [2.24, 2.45) is 17.3 Å². The summed E-state index contributed by atoms with van der Waals surface area (Å²) >= 11 is 0. The Morgan fingerprint density at radius 2 is 2.22 bits per heavy atom. The fraction of sp³-hybridized carbons (Fsp3) is 0.789. The summed E-state index contributed by atoms with van der Waals surface area (Å²) in [5.74, 6) is 2.13. The fourth-order valence-corrected chi connectivity index (χ4v) is 3.74. The minimum atomic E-state index is 0.141. The number of aryl methyl sites for hydroxylation is 1. The number of hydrogen-bond acceptors (Lipinski definition) is 3. The Morgan fingerprint density at radius 1 is 1.43 bits per heavy atom. The van der Waals surface area contributed by atoms with Crippen molar-refractivity contribution in [3.8, 4) is 0 Å². The number of amides is 1. The summed E-state index contributed by atoms with van der Waals surface area (Å²) in [6.45, 7) is 6.72. The average molecular weight is 318 g/mol. The zero-order valence-electron chi connectivity index (χ0n) is 14.7. The maximum Gasteiger partial charge on any atom is 0.223 e. The minimum Gasteiger partial charge on any atom is -0.361 e. The van der Waals surface area contributed by atoms with Crippen LogP contribution < -0.4 is 5.32 Å². The molecule has 2 aliphatic rings. The second-order valence-electron chi connectivity index (χ2n) is 8.04. The molecule has 0 bridgehead atoms. The van der Waals surface area contributed by atoms with Gasteiger partial charge in [-0.3, -0.25) is 4.79 Å². The van der Waals surface area contributed by atoms with Gasteiger partial charge < -0.3 is 9.84 Å². The molecule has 0 radical (unpaired) electrons. The highest BCUT2D eigenvalue weighted by Crippen LogP contribution is 2.48. The number of carbonyl (C=O) groups is 1. The lowest BCUT2D eigenvalue weighted by atomic mass is 9.57. The van der Waals surface area contributed by atoms with E-state index in [9.17, 15) is 4.79 Å². The molecule has 2 atom stereocenters. The number of carbonyl (C=O) groups excluding carboxylic acids is 1. The molecule has 2 fully saturated rings. The third-order valence-corrected chi connectivity index (χ3v) is 6.10. The largest absolute Gasteiger partial charge is 0.361 e. The van der Waals surface area contributed by atoms with Gasteiger partial charge in [-0.15, -0.1) is 0 Å². The van der Waals surface area contributed by atoms with Gasteiger partial charge >= 0.3 is 0 Å². The molecule has 0 aromatic carbocycles. The molecule has 2 unspecified atom stereocenters. The number of aromatic nitrogens is 1. The molecule has 128 valence electrons. The van der Waals surface area contributed by atoms with Gasteiger partial charge in [-0.05, 0) is 43.4 Å². The Hall–Kier alpha value is -1.32. The van der Waals surface area contributed by atoms with Gasteiger partial charge in [0.1, 0.15) is 5.76 Å². The Kier molecular flexibility index (Phi) is 4.79. The van der Waals surface area contributed by atoms with Crippen LogP contribution >= 0.6 is 0 Å². The first-order chi connectivity index (χ1) is 11.0. The molecule has 4 heteroatoms. The predicted molar refractivity (Wildman–Crippen MR) is 90.0 cm³/mol. The second kappa shape index (κ2) is 6.66. The molecule has 0 saturated heterocycles. The van der Waals surface area contributed by atoms with Crippen molar-refractivity contribution >= 4 is 5.91 Å². The van der Waals surface area contributed by atoms with Crippen LogP contribution in [0.4, 0.5) is 0 Å². The number of nitrogens with zero attached hydrogens (tertiary/aromatic N) is 1. The number of hydrogen-bond donors (Lipinski definition) is 1. The highest BCUT2D eigenvalue weighted by atomic mass is 16.5. The van der Waals surface area contributed by atoms with Crippen LogP contribution in [-0.2, 0) is 17.6 Å². The third kappa shape index (κ3) is 3.46. The average Bonchev–Trinajstić information content (AvgIpc) is 2.90. The zero-order chi connectivity index (χ0) is 16.4. The van der Waals surface area contributed by atoms with E-state index in [-0.39, 0.29) is 17.2 Å². The second-order valence-corrected chi connectivity index (χ2v) is 8.04. The topological polar surface area (TPSA) is 55.1 Å². The van der Waals surface area contributed by atoms with Gasteiger partial charge in [0.2, 0.25) is 5.91 Å². The molecule has 23 heavy (non-hydrogen) atoms. The smallest absolute Gasteiger partial charge is 0.223 e. The van der Waals surface area contributed by atoms with Crippen LogP contribution in [-0.4, -0.2) is 17.1 Å². The van der Waals surface area contributed by atoms with Gasteiger partial charge in [0.05, 0.1) is 5.69 Å². The molecule has 0 aliphatic heterocycles. The summed E-state index contributed by atoms with van der Waals surface area (Å²) in [6, 6.07) is 2.43. The van der Waals surface area contributed by atoms with Crippen molar-refractivity contribution in [1.29, 1.82) is 0 Å². The molecule has 2 saturated carbocycles. The number of rotatable bonds is 7. The highest BCUT2D eigenvalue weighted by Gasteiger charge is 2.49. The van der Waals surface area contributed by atoms with Crippen LogP contribution in [0.2, 0.25) is 0 Å². The quantitative estimate of drug-likeness (QED) is 0.830. The molecular weight excluding hydrogens is 288 g/mol. The Labute approximate surface area is 139 Å². The van der Waals surface area contributed by atoms with Gasteiger partial charge in [-0.2, -0.15) is 0 Å². The molecule has 1 aromatic rings. The summed E-state index contributed by atoms with van der Waals surface area (Å²) in [7, 11) is 0. The van der Waals surface area contributed by atoms with E-state index in [1.165, 1.54) is 12.8 Å². The Morgan fingerprint density at radius 3 is 2.83 bits per heavy atom. The van der Waals surface area contributed by atoms with Crippen LogP contribution in [0.1, 0.15) is 70.8 Å². The van der Waals surface area contributed by atoms with E-state index in [4.69, 9.17) is 4.52 Å². The monoisotopic (exact) mass is 318 g/mol. The maximum atomic E-state index is 12.1. The lowest BCUT2D eigenvalue weighted by Gasteiger charge is -2.52. The third-order valence-electron chi connectivity index (χ3n) is 6.10. The first-order valence-corrected chi connectivity index (χ1v) is 9.25. The van der Waals surface area contributed by atoms with Gasteiger partial charge in [-0.25, -0.2) is 0 Å². The highest BCUT2D eigenvalue weighted by molar-refractivity contribution is 5.79. The molecule has 0 spiro atoms. The van der Waals surface area contributed by atoms with E-state index in [1.807, 2.05) is 0 Å². The van der Waals surface area contributed by atoms with E-state index < -0.39 is 0 Å². The van der Waals surface area contributed by atoms with Crippen LogP contribution in [0.5, 0.6) is 0 Å². The lowest BCUT2D eigenvalue weighted by Crippen LogP contribution is -2.59. The maximum absolute atomic E-state index is 12.1. The molecular formula is C19H30N2O2. The van der Waals surface area contributed by atoms with Gasteiger partial charge in [-0.1, -0.05) is 38.8 Å². The van der Waals surface area contributed by atoms with E-state index >= 15 is 0 Å². The fourth-order valence-electron chi connectivity index (χ4n) is 3.74. The molecule has 1 N–H and O–H groups in total. The summed E-state index contributed by atoms with van der Waals surface area (Å²) in [4.78, 5) is 12.1. The molecule has 4 nitrogen and oxygen atoms in total. The summed E-state index contributed by atoms with van der Waals surface area (Å²) in [5.41, 5.74) is 1.21. The standard InChI is InChI=1S/C19H30N2O2/c1-4-5-9-16-12-15(21-23-16)10-14-11-17(19(14,2)3)20-18(22)13-7-6-8-13/h12-14,17H,4-11H2,1-3H3,(H,20,22). The lowest BCUT2D eigenvalue weighted by molar-refractivity contribution is -0.132. The molecule has 1 heterocycles. The number of unbranched alkanes of at least 4 members (excludes halogenated alkanes) is 1. The van der Waals surface area contributed by atoms with Crippen LogP contribution in [0.25, 0.3) is 0 Å². The molecule has 1 aromatic heterocycles. The van der Waals surface area contributed by atoms with Crippen LogP contribution in [0.3, 0.4) is 0 Å². The first kappa shape index (κ1) is 16.5. The van der Waals surface area contributed by atoms with E-state index in [2.05, 4.69) is 37.3 Å². The van der Waals surface area contributed by atoms with Crippen molar-refractivity contribution in [2.45, 2.75) is 78.2 Å². The summed E-state index contributed by atoms with van der Waals surface area (Å²) in [5, 5.41) is 7.51.